The zero-order chi connectivity index (χ0) is 16.0. The number of nitrogen functional groups attached to an aromatic ring is 1. The molecule has 11 heteroatoms. The number of aromatic nitrogens is 5. The van der Waals surface area contributed by atoms with Crippen molar-refractivity contribution in [3.05, 3.63) is 16.8 Å². The molecule has 0 amide bonds. The summed E-state index contributed by atoms with van der Waals surface area (Å²) < 4.78 is 2.00. The van der Waals surface area contributed by atoms with Crippen LogP contribution in [0.1, 0.15) is 6.92 Å². The molecule has 3 rings (SSSR count). The standard InChI is InChI=1S/C11H10N6O4S/c1-4(18)21-17-8-7(9(22)15-10(12)14-8)13-11(17)16-5(19)2-3-6(16)20/h2-3,19-20H,1H3,(H3,12,14,15,22). The molecule has 0 bridgehead atoms. The average molecular weight is 322 g/mol. The second-order valence-corrected chi connectivity index (χ2v) is 4.69. The van der Waals surface area contributed by atoms with Crippen LogP contribution < -0.4 is 10.6 Å². The van der Waals surface area contributed by atoms with Gasteiger partial charge in [-0.25, -0.2) is 19.3 Å². The summed E-state index contributed by atoms with van der Waals surface area (Å²) in [7, 11) is 0. The summed E-state index contributed by atoms with van der Waals surface area (Å²) in [6, 6.07) is 2.50. The number of rotatable bonds is 2. The number of carbonyl (C=O) groups excluding carboxylic acids is 1. The minimum atomic E-state index is -0.651. The molecule has 0 aromatic carbocycles. The second-order valence-electron chi connectivity index (χ2n) is 4.30. The lowest BCUT2D eigenvalue weighted by atomic mass is 10.6. The number of hydrogen-bond donors (Lipinski definition) is 4. The predicted molar refractivity (Wildman–Crippen MR) is 77.0 cm³/mol. The Morgan fingerprint density at radius 2 is 2.00 bits per heavy atom. The molecule has 5 N–H and O–H groups in total. The van der Waals surface area contributed by atoms with Crippen LogP contribution in [-0.2, 0) is 4.79 Å². The van der Waals surface area contributed by atoms with Crippen LogP contribution in [0.15, 0.2) is 12.1 Å². The summed E-state index contributed by atoms with van der Waals surface area (Å²) in [5.74, 6) is -1.37. The van der Waals surface area contributed by atoms with E-state index in [0.717, 1.165) is 9.30 Å². The number of nitrogens with one attached hydrogen (secondary N) is 1. The van der Waals surface area contributed by atoms with Crippen molar-refractivity contribution in [3.8, 4) is 17.7 Å². The van der Waals surface area contributed by atoms with Gasteiger partial charge in [0.1, 0.15) is 5.52 Å². The number of nitrogens with two attached hydrogens (primary N) is 1. The Hall–Kier alpha value is -3.08. The van der Waals surface area contributed by atoms with Crippen molar-refractivity contribution >= 4 is 35.3 Å². The number of anilines is 1. The van der Waals surface area contributed by atoms with Gasteiger partial charge in [-0.3, -0.25) is 0 Å². The summed E-state index contributed by atoms with van der Waals surface area (Å²) in [6.07, 6.45) is 0. The quantitative estimate of drug-likeness (QED) is 0.491. The molecule has 0 saturated heterocycles. The van der Waals surface area contributed by atoms with Crippen LogP contribution in [0.25, 0.3) is 17.1 Å². The molecule has 0 fully saturated rings. The number of fused-ring (bicyclic) bond motifs is 1. The van der Waals surface area contributed by atoms with Gasteiger partial charge >= 0.3 is 5.97 Å². The number of aromatic amines is 1. The van der Waals surface area contributed by atoms with Gasteiger partial charge in [0.2, 0.25) is 17.7 Å². The summed E-state index contributed by atoms with van der Waals surface area (Å²) in [4.78, 5) is 27.0. The van der Waals surface area contributed by atoms with Crippen molar-refractivity contribution in [3.63, 3.8) is 0 Å². The van der Waals surface area contributed by atoms with Gasteiger partial charge in [0.15, 0.2) is 10.3 Å². The Morgan fingerprint density at radius 1 is 1.36 bits per heavy atom. The van der Waals surface area contributed by atoms with E-state index in [1.807, 2.05) is 0 Å². The molecule has 22 heavy (non-hydrogen) atoms. The number of H-pyrrole nitrogens is 1. The fourth-order valence-corrected chi connectivity index (χ4v) is 2.18. The molecule has 0 aliphatic carbocycles. The smallest absolute Gasteiger partial charge is 0.330 e. The van der Waals surface area contributed by atoms with Gasteiger partial charge in [-0.1, -0.05) is 12.2 Å². The van der Waals surface area contributed by atoms with Gasteiger partial charge in [-0.2, -0.15) is 0 Å². The van der Waals surface area contributed by atoms with Crippen LogP contribution in [0.3, 0.4) is 0 Å². The molecule has 3 aromatic rings. The fraction of sp³-hybridized carbons (Fsp3) is 0.0909. The lowest BCUT2D eigenvalue weighted by Gasteiger charge is -2.09. The van der Waals surface area contributed by atoms with E-state index in [1.54, 1.807) is 0 Å². The zero-order valence-electron chi connectivity index (χ0n) is 11.1. The highest BCUT2D eigenvalue weighted by Gasteiger charge is 2.21. The molecular weight excluding hydrogens is 312 g/mol. The lowest BCUT2D eigenvalue weighted by molar-refractivity contribution is -0.141. The first kappa shape index (κ1) is 13.9. The summed E-state index contributed by atoms with van der Waals surface area (Å²) in [5, 5.41) is 19.6. The van der Waals surface area contributed by atoms with Crippen LogP contribution >= 0.6 is 12.2 Å². The van der Waals surface area contributed by atoms with Gasteiger partial charge in [0.05, 0.1) is 0 Å². The first-order valence-corrected chi connectivity index (χ1v) is 6.36. The van der Waals surface area contributed by atoms with Crippen LogP contribution in [0.5, 0.6) is 11.8 Å². The topological polar surface area (TPSA) is 144 Å². The molecule has 0 aliphatic heterocycles. The first-order valence-electron chi connectivity index (χ1n) is 5.95. The van der Waals surface area contributed by atoms with E-state index >= 15 is 0 Å². The lowest BCUT2D eigenvalue weighted by Crippen LogP contribution is -2.20. The Balaban J connectivity index is 2.41. The van der Waals surface area contributed by atoms with Gasteiger partial charge < -0.3 is 25.8 Å². The van der Waals surface area contributed by atoms with Crippen molar-refractivity contribution in [2.24, 2.45) is 0 Å². The van der Waals surface area contributed by atoms with Crippen molar-refractivity contribution in [1.29, 1.82) is 0 Å². The third-order valence-electron chi connectivity index (χ3n) is 2.75. The average Bonchev–Trinajstić information content (AvgIpc) is 2.91. The zero-order valence-corrected chi connectivity index (χ0v) is 12.0. The van der Waals surface area contributed by atoms with E-state index in [2.05, 4.69) is 15.0 Å². The maximum absolute atomic E-state index is 11.3. The van der Waals surface area contributed by atoms with E-state index < -0.39 is 5.97 Å². The Bertz CT molecular complexity index is 936. The van der Waals surface area contributed by atoms with E-state index in [9.17, 15) is 15.0 Å². The molecule has 10 nitrogen and oxygen atoms in total. The van der Waals surface area contributed by atoms with Crippen molar-refractivity contribution < 1.29 is 19.8 Å². The Kier molecular flexibility index (Phi) is 2.99. The molecule has 0 aliphatic rings. The third kappa shape index (κ3) is 2.03. The monoisotopic (exact) mass is 322 g/mol. The minimum Gasteiger partial charge on any atom is -0.494 e. The molecular formula is C11H10N6O4S. The highest BCUT2D eigenvalue weighted by Crippen LogP contribution is 2.28. The van der Waals surface area contributed by atoms with Crippen LogP contribution in [-0.4, -0.2) is 40.4 Å². The van der Waals surface area contributed by atoms with Gasteiger partial charge in [-0.05, 0) is 0 Å². The van der Waals surface area contributed by atoms with Crippen molar-refractivity contribution in [2.75, 3.05) is 5.73 Å². The van der Waals surface area contributed by atoms with Gasteiger partial charge in [-0.15, -0.1) is 4.73 Å². The maximum Gasteiger partial charge on any atom is 0.330 e. The third-order valence-corrected chi connectivity index (χ3v) is 3.04. The van der Waals surface area contributed by atoms with E-state index in [-0.39, 0.29) is 39.5 Å². The molecule has 0 saturated carbocycles. The van der Waals surface area contributed by atoms with Gasteiger partial charge in [0.25, 0.3) is 5.95 Å². The predicted octanol–water partition coefficient (Wildman–Crippen LogP) is 0.248. The summed E-state index contributed by atoms with van der Waals surface area (Å²) >= 11 is 5.06. The minimum absolute atomic E-state index is 0.00157. The van der Waals surface area contributed by atoms with Crippen molar-refractivity contribution in [2.45, 2.75) is 6.92 Å². The summed E-state index contributed by atoms with van der Waals surface area (Å²) in [5.41, 5.74) is 5.94. The molecule has 0 unspecified atom stereocenters. The maximum atomic E-state index is 11.3. The normalized spacial score (nSPS) is 11.0. The molecule has 0 radical (unpaired) electrons. The van der Waals surface area contributed by atoms with Crippen molar-refractivity contribution in [1.82, 2.24) is 24.2 Å². The molecule has 0 spiro atoms. The molecule has 0 atom stereocenters. The van der Waals surface area contributed by atoms with Gasteiger partial charge in [0, 0.05) is 19.1 Å². The summed E-state index contributed by atoms with van der Waals surface area (Å²) in [6.45, 7) is 1.18. The van der Waals surface area contributed by atoms with Crippen LogP contribution in [0.4, 0.5) is 5.95 Å². The highest BCUT2D eigenvalue weighted by molar-refractivity contribution is 7.71. The number of imidazole rings is 1. The Labute approximate surface area is 127 Å². The number of aromatic hydroxyl groups is 2. The number of nitrogens with zero attached hydrogens (tertiary/aromatic N) is 4. The van der Waals surface area contributed by atoms with E-state index in [4.69, 9.17) is 22.8 Å². The second kappa shape index (κ2) is 4.73. The molecule has 3 heterocycles. The first-order chi connectivity index (χ1) is 10.4. The van der Waals surface area contributed by atoms with E-state index in [0.29, 0.717) is 0 Å². The number of hydrogen-bond acceptors (Lipinski definition) is 8. The molecule has 114 valence electrons. The number of carbonyl (C=O) groups is 1. The highest BCUT2D eigenvalue weighted by atomic mass is 32.1. The largest absolute Gasteiger partial charge is 0.494 e. The molecule has 3 aromatic heterocycles. The van der Waals surface area contributed by atoms with Crippen LogP contribution in [0, 0.1) is 4.64 Å². The SMILES string of the molecule is CC(=O)On1c(-n2c(O)ccc2O)nc2c(=S)nc(N)[nH]c21. The van der Waals surface area contributed by atoms with Crippen LogP contribution in [0.2, 0.25) is 0 Å². The van der Waals surface area contributed by atoms with E-state index in [1.165, 1.54) is 19.1 Å². The fourth-order valence-electron chi connectivity index (χ4n) is 1.94. The Morgan fingerprint density at radius 3 is 2.59 bits per heavy atom.